The lowest BCUT2D eigenvalue weighted by atomic mass is 10.0. The van der Waals surface area contributed by atoms with Gasteiger partial charge in [-0.25, -0.2) is 4.98 Å². The van der Waals surface area contributed by atoms with Crippen LogP contribution in [0.5, 0.6) is 0 Å². The number of thiophene rings is 1. The fraction of sp³-hybridized carbons (Fsp3) is 0.211. The van der Waals surface area contributed by atoms with Crippen LogP contribution >= 0.6 is 11.3 Å². The number of nitrogen functional groups attached to an aromatic ring is 1. The number of hydrogen-bond acceptors (Lipinski definition) is 8. The average molecular weight is 393 g/mol. The quantitative estimate of drug-likeness (QED) is 0.567. The van der Waals surface area contributed by atoms with Gasteiger partial charge in [0.2, 0.25) is 11.9 Å². The molecule has 8 nitrogen and oxygen atoms in total. The Morgan fingerprint density at radius 1 is 1.14 bits per heavy atom. The molecular weight excluding hydrogens is 374 g/mol. The molecule has 0 aliphatic carbocycles. The van der Waals surface area contributed by atoms with Crippen molar-refractivity contribution in [3.05, 3.63) is 57.7 Å². The number of nitrogens with two attached hydrogens (primary N) is 1. The smallest absolute Gasteiger partial charge is 0.263 e. The van der Waals surface area contributed by atoms with Crippen LogP contribution in [0.4, 0.5) is 11.9 Å². The maximum absolute atomic E-state index is 13.3. The van der Waals surface area contributed by atoms with Gasteiger partial charge in [0.1, 0.15) is 4.83 Å². The number of anilines is 2. The van der Waals surface area contributed by atoms with Gasteiger partial charge in [-0.1, -0.05) is 30.3 Å². The molecule has 2 N–H and O–H groups in total. The first-order valence-corrected chi connectivity index (χ1v) is 9.47. The molecule has 0 radical (unpaired) electrons. The summed E-state index contributed by atoms with van der Waals surface area (Å²) in [7, 11) is 3.64. The molecule has 0 saturated carbocycles. The van der Waals surface area contributed by atoms with E-state index in [1.54, 1.807) is 4.90 Å². The molecule has 4 rings (SSSR count). The summed E-state index contributed by atoms with van der Waals surface area (Å²) in [5, 5.41) is 0.617. The van der Waals surface area contributed by atoms with E-state index in [4.69, 9.17) is 5.73 Å². The van der Waals surface area contributed by atoms with Crippen molar-refractivity contribution in [2.45, 2.75) is 13.5 Å². The van der Waals surface area contributed by atoms with Gasteiger partial charge in [-0.15, -0.1) is 11.3 Å². The lowest BCUT2D eigenvalue weighted by molar-refractivity contribution is 0.701. The average Bonchev–Trinajstić information content (AvgIpc) is 3.01. The zero-order valence-electron chi connectivity index (χ0n) is 15.7. The molecule has 0 unspecified atom stereocenters. The van der Waals surface area contributed by atoms with Crippen molar-refractivity contribution in [3.63, 3.8) is 0 Å². The van der Waals surface area contributed by atoms with Crippen LogP contribution in [0.2, 0.25) is 0 Å². The summed E-state index contributed by atoms with van der Waals surface area (Å²) in [6.07, 6.45) is 1.53. The number of aryl methyl sites for hydroxylation is 1. The van der Waals surface area contributed by atoms with Gasteiger partial charge in [-0.3, -0.25) is 9.36 Å². The monoisotopic (exact) mass is 393 g/mol. The van der Waals surface area contributed by atoms with E-state index in [0.717, 1.165) is 20.8 Å². The molecule has 9 heteroatoms. The zero-order chi connectivity index (χ0) is 19.8. The van der Waals surface area contributed by atoms with Gasteiger partial charge in [0.25, 0.3) is 5.56 Å². The van der Waals surface area contributed by atoms with E-state index < -0.39 is 0 Å². The Bertz CT molecular complexity index is 1210. The van der Waals surface area contributed by atoms with Crippen LogP contribution < -0.4 is 16.2 Å². The molecule has 0 bridgehead atoms. The maximum atomic E-state index is 13.3. The van der Waals surface area contributed by atoms with Crippen molar-refractivity contribution in [2.75, 3.05) is 24.7 Å². The fourth-order valence-corrected chi connectivity index (χ4v) is 4.05. The Morgan fingerprint density at radius 3 is 2.61 bits per heavy atom. The van der Waals surface area contributed by atoms with Gasteiger partial charge < -0.3 is 10.6 Å². The summed E-state index contributed by atoms with van der Waals surface area (Å²) in [6, 6.07) is 9.88. The van der Waals surface area contributed by atoms with E-state index in [1.807, 2.05) is 51.4 Å². The van der Waals surface area contributed by atoms with E-state index in [-0.39, 0.29) is 18.1 Å². The minimum absolute atomic E-state index is 0.118. The fourth-order valence-electron chi connectivity index (χ4n) is 3.05. The van der Waals surface area contributed by atoms with E-state index in [0.29, 0.717) is 17.2 Å². The molecule has 0 aliphatic rings. The highest BCUT2D eigenvalue weighted by Gasteiger charge is 2.17. The summed E-state index contributed by atoms with van der Waals surface area (Å²) in [5.41, 5.74) is 7.60. The predicted molar refractivity (Wildman–Crippen MR) is 112 cm³/mol. The van der Waals surface area contributed by atoms with E-state index >= 15 is 0 Å². The normalized spacial score (nSPS) is 11.1. The number of hydrogen-bond donors (Lipinski definition) is 1. The molecule has 0 spiro atoms. The van der Waals surface area contributed by atoms with E-state index in [1.165, 1.54) is 22.2 Å². The maximum Gasteiger partial charge on any atom is 0.263 e. The molecule has 0 aliphatic heterocycles. The van der Waals surface area contributed by atoms with Gasteiger partial charge in [-0.2, -0.15) is 15.0 Å². The first-order chi connectivity index (χ1) is 13.4. The highest BCUT2D eigenvalue weighted by Crippen LogP contribution is 2.35. The van der Waals surface area contributed by atoms with Crippen molar-refractivity contribution in [1.29, 1.82) is 0 Å². The van der Waals surface area contributed by atoms with Gasteiger partial charge in [-0.05, 0) is 12.5 Å². The van der Waals surface area contributed by atoms with Gasteiger partial charge in [0.15, 0.2) is 5.82 Å². The first-order valence-electron chi connectivity index (χ1n) is 8.65. The van der Waals surface area contributed by atoms with Crippen LogP contribution in [0.25, 0.3) is 21.3 Å². The zero-order valence-corrected chi connectivity index (χ0v) is 16.6. The third-order valence-electron chi connectivity index (χ3n) is 4.32. The molecule has 0 fully saturated rings. The minimum atomic E-state index is -0.126. The standard InChI is InChI=1S/C19H19N7OS/c1-11-14(12-7-5-4-6-8-12)15-16(28-11)21-10-26(17(15)27)9-13-22-18(20)24-19(23-13)25(2)3/h4-8,10H,9H2,1-3H3,(H2,20,22,23,24). The summed E-state index contributed by atoms with van der Waals surface area (Å²) < 4.78 is 1.51. The lowest BCUT2D eigenvalue weighted by Crippen LogP contribution is -2.23. The van der Waals surface area contributed by atoms with Crippen molar-refractivity contribution in [2.24, 2.45) is 0 Å². The number of fused-ring (bicyclic) bond motifs is 1. The van der Waals surface area contributed by atoms with Gasteiger partial charge >= 0.3 is 0 Å². The number of aromatic nitrogens is 5. The van der Waals surface area contributed by atoms with Crippen molar-refractivity contribution >= 4 is 33.5 Å². The Kier molecular flexibility index (Phi) is 4.52. The van der Waals surface area contributed by atoms with Crippen molar-refractivity contribution < 1.29 is 0 Å². The molecule has 0 saturated heterocycles. The molecule has 3 heterocycles. The van der Waals surface area contributed by atoms with Crippen molar-refractivity contribution in [3.8, 4) is 11.1 Å². The first kappa shape index (κ1) is 18.1. The molecule has 0 amide bonds. The lowest BCUT2D eigenvalue weighted by Gasteiger charge is -2.12. The Morgan fingerprint density at radius 2 is 1.89 bits per heavy atom. The number of benzene rings is 1. The van der Waals surface area contributed by atoms with Crippen LogP contribution in [0.3, 0.4) is 0 Å². The molecule has 0 atom stereocenters. The van der Waals surface area contributed by atoms with Gasteiger partial charge in [0.05, 0.1) is 18.3 Å². The van der Waals surface area contributed by atoms with E-state index in [9.17, 15) is 4.79 Å². The second-order valence-electron chi connectivity index (χ2n) is 6.56. The molecule has 28 heavy (non-hydrogen) atoms. The van der Waals surface area contributed by atoms with Crippen LogP contribution in [-0.4, -0.2) is 38.6 Å². The highest BCUT2D eigenvalue weighted by atomic mass is 32.1. The Hall–Kier alpha value is -3.33. The minimum Gasteiger partial charge on any atom is -0.368 e. The second-order valence-corrected chi connectivity index (χ2v) is 7.76. The molecule has 142 valence electrons. The number of nitrogens with zero attached hydrogens (tertiary/aromatic N) is 6. The van der Waals surface area contributed by atoms with Crippen LogP contribution in [-0.2, 0) is 6.54 Å². The van der Waals surface area contributed by atoms with E-state index in [2.05, 4.69) is 19.9 Å². The Labute approximate surface area is 165 Å². The molecule has 1 aromatic carbocycles. The second kappa shape index (κ2) is 7.01. The summed E-state index contributed by atoms with van der Waals surface area (Å²) in [6.45, 7) is 2.17. The third-order valence-corrected chi connectivity index (χ3v) is 5.33. The summed E-state index contributed by atoms with van der Waals surface area (Å²) in [5.74, 6) is 0.973. The topological polar surface area (TPSA) is 103 Å². The number of rotatable bonds is 4. The van der Waals surface area contributed by atoms with Gasteiger partial charge in [0, 0.05) is 24.5 Å². The SMILES string of the molecule is Cc1sc2ncn(Cc3nc(N)nc(N(C)C)n3)c(=O)c2c1-c1ccccc1. The predicted octanol–water partition coefficient (Wildman–Crippen LogP) is 2.31. The van der Waals surface area contributed by atoms with Crippen molar-refractivity contribution in [1.82, 2.24) is 24.5 Å². The molecule has 3 aromatic heterocycles. The largest absolute Gasteiger partial charge is 0.368 e. The summed E-state index contributed by atoms with van der Waals surface area (Å²) in [4.78, 5) is 33.9. The third kappa shape index (κ3) is 3.20. The molecule has 4 aromatic rings. The molecular formula is C19H19N7OS. The Balaban J connectivity index is 1.84. The highest BCUT2D eigenvalue weighted by molar-refractivity contribution is 7.19. The van der Waals surface area contributed by atoms with Crippen LogP contribution in [0.15, 0.2) is 41.5 Å². The van der Waals surface area contributed by atoms with Crippen LogP contribution in [0.1, 0.15) is 10.7 Å². The van der Waals surface area contributed by atoms with Crippen LogP contribution in [0, 0.1) is 6.92 Å². The summed E-state index contributed by atoms with van der Waals surface area (Å²) >= 11 is 1.52.